The minimum absolute atomic E-state index is 0.154. The minimum atomic E-state index is -1.07. The first-order chi connectivity index (χ1) is 9.49. The van der Waals surface area contributed by atoms with Crippen molar-refractivity contribution < 1.29 is 9.90 Å². The highest BCUT2D eigenvalue weighted by Crippen LogP contribution is 2.22. The van der Waals surface area contributed by atoms with Gasteiger partial charge in [0.2, 0.25) is 0 Å². The topological polar surface area (TPSA) is 61.4 Å². The van der Waals surface area contributed by atoms with E-state index in [1.54, 1.807) is 6.92 Å². The molecule has 106 valence electrons. The van der Waals surface area contributed by atoms with Crippen molar-refractivity contribution in [1.29, 1.82) is 0 Å². The second-order valence-corrected chi connectivity index (χ2v) is 5.69. The van der Waals surface area contributed by atoms with Gasteiger partial charge in [-0.1, -0.05) is 18.2 Å². The van der Waals surface area contributed by atoms with Crippen molar-refractivity contribution in [3.8, 4) is 0 Å². The van der Waals surface area contributed by atoms with E-state index < -0.39 is 5.60 Å². The summed E-state index contributed by atoms with van der Waals surface area (Å²) in [7, 11) is 0. The zero-order valence-electron chi connectivity index (χ0n) is 11.5. The van der Waals surface area contributed by atoms with Gasteiger partial charge in [-0.2, -0.15) is 11.3 Å². The molecule has 0 saturated carbocycles. The van der Waals surface area contributed by atoms with Crippen molar-refractivity contribution in [3.63, 3.8) is 0 Å². The lowest BCUT2D eigenvalue weighted by Gasteiger charge is -2.23. The van der Waals surface area contributed by atoms with Gasteiger partial charge in [0.15, 0.2) is 0 Å². The highest BCUT2D eigenvalue weighted by atomic mass is 32.1. The molecule has 0 spiro atoms. The lowest BCUT2D eigenvalue weighted by molar-refractivity contribution is 0.0604. The van der Waals surface area contributed by atoms with Gasteiger partial charge in [-0.3, -0.25) is 0 Å². The van der Waals surface area contributed by atoms with Crippen LogP contribution in [-0.2, 0) is 5.60 Å². The molecule has 2 rings (SSSR count). The Morgan fingerprint density at radius 3 is 2.75 bits per heavy atom. The molecule has 1 aromatic carbocycles. The summed E-state index contributed by atoms with van der Waals surface area (Å²) in [6.07, 6.45) is 0. The summed E-state index contributed by atoms with van der Waals surface area (Å²) in [5.74, 6) is 0. The van der Waals surface area contributed by atoms with Gasteiger partial charge in [-0.05, 0) is 47.9 Å². The number of aryl methyl sites for hydroxylation is 1. The molecule has 1 heterocycles. The van der Waals surface area contributed by atoms with Gasteiger partial charge >= 0.3 is 6.03 Å². The quantitative estimate of drug-likeness (QED) is 0.810. The van der Waals surface area contributed by atoms with Crippen molar-refractivity contribution in [2.45, 2.75) is 19.4 Å². The van der Waals surface area contributed by atoms with Crippen LogP contribution in [0.3, 0.4) is 0 Å². The lowest BCUT2D eigenvalue weighted by Crippen LogP contribution is -2.40. The van der Waals surface area contributed by atoms with Crippen molar-refractivity contribution in [1.82, 2.24) is 5.32 Å². The second kappa shape index (κ2) is 6.07. The van der Waals surface area contributed by atoms with E-state index in [0.29, 0.717) is 0 Å². The Morgan fingerprint density at radius 2 is 2.10 bits per heavy atom. The molecule has 0 aliphatic carbocycles. The van der Waals surface area contributed by atoms with E-state index >= 15 is 0 Å². The van der Waals surface area contributed by atoms with E-state index in [4.69, 9.17) is 0 Å². The van der Waals surface area contributed by atoms with Crippen molar-refractivity contribution in [2.24, 2.45) is 0 Å². The number of hydrogen-bond acceptors (Lipinski definition) is 3. The fourth-order valence-electron chi connectivity index (χ4n) is 1.81. The third kappa shape index (κ3) is 3.59. The van der Waals surface area contributed by atoms with Gasteiger partial charge in [0.05, 0.1) is 6.54 Å². The molecule has 0 aliphatic heterocycles. The largest absolute Gasteiger partial charge is 0.384 e. The summed E-state index contributed by atoms with van der Waals surface area (Å²) in [6, 6.07) is 9.08. The number of thiophene rings is 1. The molecule has 0 fully saturated rings. The molecular formula is C15H18N2O2S. The standard InChI is InChI=1S/C15H18N2O2S/c1-11-5-3-4-6-13(11)17-14(18)16-10-15(2,19)12-7-8-20-9-12/h3-9,19H,10H2,1-2H3,(H2,16,17,18). The molecule has 1 aromatic heterocycles. The molecule has 1 unspecified atom stereocenters. The predicted molar refractivity (Wildman–Crippen MR) is 82.1 cm³/mol. The van der Waals surface area contributed by atoms with Crippen LogP contribution in [-0.4, -0.2) is 17.7 Å². The van der Waals surface area contributed by atoms with Crippen LogP contribution in [0, 0.1) is 6.92 Å². The van der Waals surface area contributed by atoms with Crippen LogP contribution in [0.5, 0.6) is 0 Å². The Morgan fingerprint density at radius 1 is 1.35 bits per heavy atom. The summed E-state index contributed by atoms with van der Waals surface area (Å²) >= 11 is 1.52. The van der Waals surface area contributed by atoms with Crippen LogP contribution < -0.4 is 10.6 Å². The van der Waals surface area contributed by atoms with E-state index in [1.807, 2.05) is 48.0 Å². The van der Waals surface area contributed by atoms with E-state index in [9.17, 15) is 9.90 Å². The molecule has 2 aromatic rings. The van der Waals surface area contributed by atoms with E-state index in [1.165, 1.54) is 11.3 Å². The molecule has 3 N–H and O–H groups in total. The highest BCUT2D eigenvalue weighted by Gasteiger charge is 2.24. The monoisotopic (exact) mass is 290 g/mol. The van der Waals surface area contributed by atoms with Crippen LogP contribution in [0.15, 0.2) is 41.1 Å². The number of aliphatic hydroxyl groups is 1. The number of amides is 2. The van der Waals surface area contributed by atoms with Crippen molar-refractivity contribution in [2.75, 3.05) is 11.9 Å². The Kier molecular flexibility index (Phi) is 4.42. The summed E-state index contributed by atoms with van der Waals surface area (Å²) in [4.78, 5) is 11.9. The number of carbonyl (C=O) groups is 1. The molecule has 5 heteroatoms. The third-order valence-electron chi connectivity index (χ3n) is 3.13. The Balaban J connectivity index is 1.91. The number of para-hydroxylation sites is 1. The summed E-state index contributed by atoms with van der Waals surface area (Å²) in [5.41, 5.74) is 1.49. The first-order valence-corrected chi connectivity index (χ1v) is 7.29. The van der Waals surface area contributed by atoms with E-state index in [-0.39, 0.29) is 12.6 Å². The third-order valence-corrected chi connectivity index (χ3v) is 3.81. The van der Waals surface area contributed by atoms with E-state index in [2.05, 4.69) is 10.6 Å². The average Bonchev–Trinajstić information content (AvgIpc) is 2.94. The van der Waals surface area contributed by atoms with Gasteiger partial charge in [-0.15, -0.1) is 0 Å². The normalized spacial score (nSPS) is 13.6. The number of nitrogens with one attached hydrogen (secondary N) is 2. The molecule has 4 nitrogen and oxygen atoms in total. The zero-order chi connectivity index (χ0) is 14.6. The predicted octanol–water partition coefficient (Wildman–Crippen LogP) is 3.09. The molecule has 0 saturated heterocycles. The van der Waals surface area contributed by atoms with Crippen LogP contribution in [0.25, 0.3) is 0 Å². The Labute approximate surface area is 122 Å². The maximum atomic E-state index is 11.9. The molecule has 0 aliphatic rings. The molecule has 0 bridgehead atoms. The van der Waals surface area contributed by atoms with Gasteiger partial charge in [-0.25, -0.2) is 4.79 Å². The second-order valence-electron chi connectivity index (χ2n) is 4.91. The molecule has 0 radical (unpaired) electrons. The van der Waals surface area contributed by atoms with Gasteiger partial charge in [0.25, 0.3) is 0 Å². The molecular weight excluding hydrogens is 272 g/mol. The Bertz CT molecular complexity index is 579. The number of carbonyl (C=O) groups excluding carboxylic acids is 1. The first kappa shape index (κ1) is 14.6. The maximum absolute atomic E-state index is 11.9. The first-order valence-electron chi connectivity index (χ1n) is 6.34. The smallest absolute Gasteiger partial charge is 0.319 e. The van der Waals surface area contributed by atoms with Crippen LogP contribution >= 0.6 is 11.3 Å². The summed E-state index contributed by atoms with van der Waals surface area (Å²) in [5, 5.41) is 19.5. The number of urea groups is 1. The minimum Gasteiger partial charge on any atom is -0.384 e. The number of rotatable bonds is 4. The SMILES string of the molecule is Cc1ccccc1NC(=O)NCC(C)(O)c1ccsc1. The molecule has 2 amide bonds. The van der Waals surface area contributed by atoms with Gasteiger partial charge < -0.3 is 15.7 Å². The number of benzene rings is 1. The zero-order valence-corrected chi connectivity index (χ0v) is 12.3. The van der Waals surface area contributed by atoms with Gasteiger partial charge in [0.1, 0.15) is 5.60 Å². The lowest BCUT2D eigenvalue weighted by atomic mass is 9.99. The molecule has 1 atom stereocenters. The Hall–Kier alpha value is -1.85. The fourth-order valence-corrected chi connectivity index (χ4v) is 2.59. The van der Waals surface area contributed by atoms with E-state index in [0.717, 1.165) is 16.8 Å². The average molecular weight is 290 g/mol. The number of hydrogen-bond donors (Lipinski definition) is 3. The van der Waals surface area contributed by atoms with Crippen LogP contribution in [0.2, 0.25) is 0 Å². The van der Waals surface area contributed by atoms with Gasteiger partial charge in [0, 0.05) is 5.69 Å². The van der Waals surface area contributed by atoms with Crippen LogP contribution in [0.4, 0.5) is 10.5 Å². The van der Waals surface area contributed by atoms with Crippen molar-refractivity contribution in [3.05, 3.63) is 52.2 Å². The highest BCUT2D eigenvalue weighted by molar-refractivity contribution is 7.08. The summed E-state index contributed by atoms with van der Waals surface area (Å²) < 4.78 is 0. The number of anilines is 1. The maximum Gasteiger partial charge on any atom is 0.319 e. The van der Waals surface area contributed by atoms with Crippen molar-refractivity contribution >= 4 is 23.1 Å². The molecule has 20 heavy (non-hydrogen) atoms. The summed E-state index contributed by atoms with van der Waals surface area (Å²) in [6.45, 7) is 3.77. The fraction of sp³-hybridized carbons (Fsp3) is 0.267. The van der Waals surface area contributed by atoms with Crippen LogP contribution in [0.1, 0.15) is 18.1 Å².